The minimum Gasteiger partial charge on any atom is -0.396 e. The van der Waals surface area contributed by atoms with Crippen molar-refractivity contribution in [2.45, 2.75) is 32.9 Å². The highest BCUT2D eigenvalue weighted by Crippen LogP contribution is 2.19. The van der Waals surface area contributed by atoms with Crippen molar-refractivity contribution in [3.63, 3.8) is 0 Å². The molecular formula is C15H27N3O2. The zero-order valence-electron chi connectivity index (χ0n) is 12.8. The number of ether oxygens (including phenoxy) is 1. The Morgan fingerprint density at radius 1 is 1.45 bits per heavy atom. The van der Waals surface area contributed by atoms with Crippen molar-refractivity contribution in [2.24, 2.45) is 0 Å². The molecule has 1 heterocycles. The Morgan fingerprint density at radius 2 is 2.25 bits per heavy atom. The zero-order valence-corrected chi connectivity index (χ0v) is 12.8. The Labute approximate surface area is 122 Å². The molecule has 0 aliphatic carbocycles. The number of anilines is 1. The highest BCUT2D eigenvalue weighted by molar-refractivity contribution is 5.47. The van der Waals surface area contributed by atoms with Crippen molar-refractivity contribution >= 4 is 5.82 Å². The molecule has 0 bridgehead atoms. The van der Waals surface area contributed by atoms with Crippen LogP contribution in [0.15, 0.2) is 18.3 Å². The van der Waals surface area contributed by atoms with E-state index >= 15 is 0 Å². The first-order valence-electron chi connectivity index (χ1n) is 7.21. The lowest BCUT2D eigenvalue weighted by molar-refractivity contribution is 0.199. The number of hydrogen-bond acceptors (Lipinski definition) is 5. The van der Waals surface area contributed by atoms with Gasteiger partial charge in [-0.1, -0.05) is 6.07 Å². The fourth-order valence-electron chi connectivity index (χ4n) is 2.07. The Bertz CT molecular complexity index is 372. The van der Waals surface area contributed by atoms with Crippen molar-refractivity contribution < 1.29 is 9.84 Å². The van der Waals surface area contributed by atoms with Crippen molar-refractivity contribution in [2.75, 3.05) is 38.3 Å². The summed E-state index contributed by atoms with van der Waals surface area (Å²) in [6, 6.07) is 4.41. The Kier molecular flexibility index (Phi) is 8.18. The maximum absolute atomic E-state index is 9.04. The molecule has 0 atom stereocenters. The molecule has 0 saturated carbocycles. The summed E-state index contributed by atoms with van der Waals surface area (Å²) in [6.07, 6.45) is 2.58. The van der Waals surface area contributed by atoms with E-state index in [0.29, 0.717) is 12.6 Å². The Balaban J connectivity index is 2.74. The average molecular weight is 281 g/mol. The topological polar surface area (TPSA) is 57.6 Å². The predicted octanol–water partition coefficient (Wildman–Crippen LogP) is 1.41. The van der Waals surface area contributed by atoms with Crippen LogP contribution in [0.5, 0.6) is 0 Å². The third-order valence-corrected chi connectivity index (χ3v) is 3.12. The van der Waals surface area contributed by atoms with E-state index in [1.165, 1.54) is 5.56 Å². The maximum Gasteiger partial charge on any atom is 0.133 e. The van der Waals surface area contributed by atoms with E-state index < -0.39 is 0 Å². The van der Waals surface area contributed by atoms with Gasteiger partial charge in [0.1, 0.15) is 5.82 Å². The molecule has 0 amide bonds. The summed E-state index contributed by atoms with van der Waals surface area (Å²) in [7, 11) is 1.70. The SMILES string of the molecule is COCCNCc1cccnc1N(CCCO)C(C)C. The normalized spacial score (nSPS) is 11.1. The molecule has 0 saturated heterocycles. The van der Waals surface area contributed by atoms with Crippen molar-refractivity contribution in [1.82, 2.24) is 10.3 Å². The summed E-state index contributed by atoms with van der Waals surface area (Å²) in [5, 5.41) is 12.4. The smallest absolute Gasteiger partial charge is 0.133 e. The fourth-order valence-corrected chi connectivity index (χ4v) is 2.07. The third kappa shape index (κ3) is 5.45. The largest absolute Gasteiger partial charge is 0.396 e. The summed E-state index contributed by atoms with van der Waals surface area (Å²) >= 11 is 0. The lowest BCUT2D eigenvalue weighted by atomic mass is 10.2. The molecule has 0 spiro atoms. The van der Waals surface area contributed by atoms with Gasteiger partial charge in [0.25, 0.3) is 0 Å². The summed E-state index contributed by atoms with van der Waals surface area (Å²) in [5.41, 5.74) is 1.18. The molecule has 1 aromatic rings. The molecule has 1 rings (SSSR count). The number of nitrogens with one attached hydrogen (secondary N) is 1. The van der Waals surface area contributed by atoms with Gasteiger partial charge in [-0.3, -0.25) is 0 Å². The van der Waals surface area contributed by atoms with Gasteiger partial charge in [-0.05, 0) is 26.3 Å². The molecule has 0 aromatic carbocycles. The van der Waals surface area contributed by atoms with Crippen LogP contribution in [0, 0.1) is 0 Å². The van der Waals surface area contributed by atoms with Crippen molar-refractivity contribution in [1.29, 1.82) is 0 Å². The summed E-state index contributed by atoms with van der Waals surface area (Å²) in [5.74, 6) is 1.00. The van der Waals surface area contributed by atoms with Crippen LogP contribution in [-0.2, 0) is 11.3 Å². The summed E-state index contributed by atoms with van der Waals surface area (Å²) in [6.45, 7) is 7.61. The number of hydrogen-bond donors (Lipinski definition) is 2. The molecule has 114 valence electrons. The van der Waals surface area contributed by atoms with E-state index in [1.807, 2.05) is 12.3 Å². The second kappa shape index (κ2) is 9.69. The molecule has 5 nitrogen and oxygen atoms in total. The van der Waals surface area contributed by atoms with Crippen LogP contribution in [0.2, 0.25) is 0 Å². The lowest BCUT2D eigenvalue weighted by Crippen LogP contribution is -2.34. The molecule has 0 aliphatic heterocycles. The second-order valence-electron chi connectivity index (χ2n) is 5.02. The van der Waals surface area contributed by atoms with E-state index in [0.717, 1.165) is 31.9 Å². The van der Waals surface area contributed by atoms with E-state index in [2.05, 4.69) is 35.1 Å². The van der Waals surface area contributed by atoms with Gasteiger partial charge >= 0.3 is 0 Å². The average Bonchev–Trinajstić information content (AvgIpc) is 2.45. The molecule has 20 heavy (non-hydrogen) atoms. The van der Waals surface area contributed by atoms with Gasteiger partial charge in [0.15, 0.2) is 0 Å². The molecule has 0 aliphatic rings. The zero-order chi connectivity index (χ0) is 14.8. The van der Waals surface area contributed by atoms with Crippen LogP contribution < -0.4 is 10.2 Å². The van der Waals surface area contributed by atoms with Gasteiger partial charge in [0.2, 0.25) is 0 Å². The number of aliphatic hydroxyl groups excluding tert-OH is 1. The highest BCUT2D eigenvalue weighted by Gasteiger charge is 2.15. The molecule has 0 radical (unpaired) electrons. The maximum atomic E-state index is 9.04. The van der Waals surface area contributed by atoms with Gasteiger partial charge in [-0.15, -0.1) is 0 Å². The van der Waals surface area contributed by atoms with E-state index in [-0.39, 0.29) is 6.61 Å². The van der Waals surface area contributed by atoms with Crippen molar-refractivity contribution in [3.8, 4) is 0 Å². The van der Waals surface area contributed by atoms with Gasteiger partial charge in [0.05, 0.1) is 6.61 Å². The number of nitrogens with zero attached hydrogens (tertiary/aromatic N) is 2. The standard InChI is InChI=1S/C15H27N3O2/c1-13(2)18(9-5-10-19)15-14(6-4-7-17-15)12-16-8-11-20-3/h4,6-7,13,16,19H,5,8-12H2,1-3H3. The third-order valence-electron chi connectivity index (χ3n) is 3.12. The highest BCUT2D eigenvalue weighted by atomic mass is 16.5. The van der Waals surface area contributed by atoms with Crippen LogP contribution in [0.25, 0.3) is 0 Å². The minimum absolute atomic E-state index is 0.206. The fraction of sp³-hybridized carbons (Fsp3) is 0.667. The van der Waals surface area contributed by atoms with Crippen LogP contribution in [0.4, 0.5) is 5.82 Å². The monoisotopic (exact) mass is 281 g/mol. The Morgan fingerprint density at radius 3 is 2.90 bits per heavy atom. The van der Waals surface area contributed by atoms with Gasteiger partial charge in [-0.2, -0.15) is 0 Å². The first-order chi connectivity index (χ1) is 9.70. The second-order valence-corrected chi connectivity index (χ2v) is 5.02. The Hall–Kier alpha value is -1.17. The van der Waals surface area contributed by atoms with E-state index in [4.69, 9.17) is 9.84 Å². The minimum atomic E-state index is 0.206. The van der Waals surface area contributed by atoms with Crippen molar-refractivity contribution in [3.05, 3.63) is 23.9 Å². The summed E-state index contributed by atoms with van der Waals surface area (Å²) < 4.78 is 5.03. The number of rotatable bonds is 10. The van der Waals surface area contributed by atoms with Crippen LogP contribution in [-0.4, -0.2) is 49.5 Å². The molecule has 0 fully saturated rings. The first-order valence-corrected chi connectivity index (χ1v) is 7.21. The molecular weight excluding hydrogens is 254 g/mol. The number of methoxy groups -OCH3 is 1. The van der Waals surface area contributed by atoms with Gasteiger partial charge < -0.3 is 20.1 Å². The quantitative estimate of drug-likeness (QED) is 0.635. The van der Waals surface area contributed by atoms with Gasteiger partial charge in [0, 0.05) is 51.2 Å². The molecule has 2 N–H and O–H groups in total. The number of pyridine rings is 1. The van der Waals surface area contributed by atoms with Crippen LogP contribution >= 0.6 is 0 Å². The van der Waals surface area contributed by atoms with E-state index in [9.17, 15) is 0 Å². The van der Waals surface area contributed by atoms with Gasteiger partial charge in [-0.25, -0.2) is 4.98 Å². The number of aromatic nitrogens is 1. The summed E-state index contributed by atoms with van der Waals surface area (Å²) in [4.78, 5) is 6.76. The lowest BCUT2D eigenvalue weighted by Gasteiger charge is -2.29. The molecule has 5 heteroatoms. The van der Waals surface area contributed by atoms with E-state index in [1.54, 1.807) is 7.11 Å². The first kappa shape index (κ1) is 16.9. The molecule has 1 aromatic heterocycles. The predicted molar refractivity (Wildman–Crippen MR) is 82.0 cm³/mol. The number of aliphatic hydroxyl groups is 1. The van der Waals surface area contributed by atoms with Crippen LogP contribution in [0.1, 0.15) is 25.8 Å². The molecule has 0 unspecified atom stereocenters. The van der Waals surface area contributed by atoms with Crippen LogP contribution in [0.3, 0.4) is 0 Å².